The van der Waals surface area contributed by atoms with Gasteiger partial charge in [-0.25, -0.2) is 0 Å². The number of nitrogens with zero attached hydrogens (tertiary/aromatic N) is 1. The summed E-state index contributed by atoms with van der Waals surface area (Å²) in [6.45, 7) is 5.82. The second kappa shape index (κ2) is 5.64. The minimum absolute atomic E-state index is 0.0259. The SMILES string of the molecule is CC(C)(C)ON(CC(=O)O)C1CCCCC1. The van der Waals surface area contributed by atoms with Gasteiger partial charge in [-0.2, -0.15) is 5.06 Å². The molecular weight excluding hydrogens is 206 g/mol. The molecule has 0 aliphatic heterocycles. The van der Waals surface area contributed by atoms with Gasteiger partial charge in [-0.1, -0.05) is 19.3 Å². The lowest BCUT2D eigenvalue weighted by Gasteiger charge is -2.36. The number of rotatable bonds is 4. The van der Waals surface area contributed by atoms with Crippen LogP contribution in [0.15, 0.2) is 0 Å². The van der Waals surface area contributed by atoms with Gasteiger partial charge >= 0.3 is 5.97 Å². The fourth-order valence-electron chi connectivity index (χ4n) is 2.09. The third kappa shape index (κ3) is 4.94. The summed E-state index contributed by atoms with van der Waals surface area (Å²) < 4.78 is 0. The molecule has 0 spiro atoms. The molecule has 0 amide bonds. The molecule has 0 saturated heterocycles. The number of hydroxylamine groups is 2. The molecule has 1 aliphatic carbocycles. The van der Waals surface area contributed by atoms with Crippen molar-refractivity contribution >= 4 is 5.97 Å². The first-order chi connectivity index (χ1) is 7.38. The van der Waals surface area contributed by atoms with Crippen molar-refractivity contribution < 1.29 is 14.7 Å². The molecule has 0 aromatic rings. The zero-order chi connectivity index (χ0) is 12.2. The van der Waals surface area contributed by atoms with Gasteiger partial charge < -0.3 is 5.11 Å². The van der Waals surface area contributed by atoms with E-state index in [4.69, 9.17) is 9.94 Å². The molecule has 4 heteroatoms. The summed E-state index contributed by atoms with van der Waals surface area (Å²) in [4.78, 5) is 16.6. The van der Waals surface area contributed by atoms with Crippen molar-refractivity contribution in [3.8, 4) is 0 Å². The van der Waals surface area contributed by atoms with Crippen molar-refractivity contribution in [1.29, 1.82) is 0 Å². The summed E-state index contributed by atoms with van der Waals surface area (Å²) in [7, 11) is 0. The molecule has 4 nitrogen and oxygen atoms in total. The van der Waals surface area contributed by atoms with E-state index in [-0.39, 0.29) is 18.2 Å². The highest BCUT2D eigenvalue weighted by molar-refractivity contribution is 5.68. The zero-order valence-corrected chi connectivity index (χ0v) is 10.5. The van der Waals surface area contributed by atoms with E-state index in [1.54, 1.807) is 5.06 Å². The zero-order valence-electron chi connectivity index (χ0n) is 10.5. The van der Waals surface area contributed by atoms with E-state index in [0.29, 0.717) is 0 Å². The van der Waals surface area contributed by atoms with Crippen LogP contribution in [0, 0.1) is 0 Å². The molecule has 1 rings (SSSR count). The smallest absolute Gasteiger partial charge is 0.320 e. The van der Waals surface area contributed by atoms with Crippen LogP contribution in [0.1, 0.15) is 52.9 Å². The average Bonchev–Trinajstić information content (AvgIpc) is 2.15. The molecule has 1 saturated carbocycles. The molecule has 0 atom stereocenters. The molecule has 0 radical (unpaired) electrons. The maximum atomic E-state index is 10.8. The quantitative estimate of drug-likeness (QED) is 0.752. The highest BCUT2D eigenvalue weighted by Crippen LogP contribution is 2.24. The number of carboxylic acids is 1. The Bertz CT molecular complexity index is 229. The summed E-state index contributed by atoms with van der Waals surface area (Å²) in [5, 5.41) is 10.6. The lowest BCUT2D eigenvalue weighted by atomic mass is 9.95. The molecular formula is C12H23NO3. The predicted molar refractivity (Wildman–Crippen MR) is 62.1 cm³/mol. The Morgan fingerprint density at radius 1 is 1.31 bits per heavy atom. The fraction of sp³-hybridized carbons (Fsp3) is 0.917. The predicted octanol–water partition coefficient (Wildman–Crippen LogP) is 2.44. The molecule has 0 heterocycles. The van der Waals surface area contributed by atoms with E-state index < -0.39 is 5.97 Å². The van der Waals surface area contributed by atoms with Crippen molar-refractivity contribution in [3.63, 3.8) is 0 Å². The van der Waals surface area contributed by atoms with Gasteiger partial charge in [0.25, 0.3) is 0 Å². The van der Waals surface area contributed by atoms with Crippen molar-refractivity contribution in [3.05, 3.63) is 0 Å². The van der Waals surface area contributed by atoms with E-state index in [0.717, 1.165) is 12.8 Å². The van der Waals surface area contributed by atoms with E-state index >= 15 is 0 Å². The van der Waals surface area contributed by atoms with Crippen LogP contribution in [0.25, 0.3) is 0 Å². The van der Waals surface area contributed by atoms with Crippen LogP contribution in [-0.2, 0) is 9.63 Å². The van der Waals surface area contributed by atoms with Gasteiger partial charge in [0.2, 0.25) is 0 Å². The van der Waals surface area contributed by atoms with Crippen LogP contribution < -0.4 is 0 Å². The fourth-order valence-corrected chi connectivity index (χ4v) is 2.09. The van der Waals surface area contributed by atoms with Gasteiger partial charge in [0, 0.05) is 6.04 Å². The first-order valence-electron chi connectivity index (χ1n) is 6.06. The van der Waals surface area contributed by atoms with E-state index in [9.17, 15) is 4.79 Å². The number of hydrogen-bond acceptors (Lipinski definition) is 3. The number of hydrogen-bond donors (Lipinski definition) is 1. The second-order valence-electron chi connectivity index (χ2n) is 5.46. The van der Waals surface area contributed by atoms with Crippen molar-refractivity contribution in [2.45, 2.75) is 64.5 Å². The summed E-state index contributed by atoms with van der Waals surface area (Å²) in [6.07, 6.45) is 5.70. The van der Waals surface area contributed by atoms with Crippen molar-refractivity contribution in [2.75, 3.05) is 6.54 Å². The third-order valence-electron chi connectivity index (χ3n) is 2.66. The molecule has 0 aromatic heterocycles. The summed E-state index contributed by atoms with van der Waals surface area (Å²) in [5.74, 6) is -0.824. The van der Waals surface area contributed by atoms with Crippen LogP contribution in [0.4, 0.5) is 0 Å². The molecule has 1 fully saturated rings. The summed E-state index contributed by atoms with van der Waals surface area (Å²) in [5.41, 5.74) is -0.326. The molecule has 94 valence electrons. The number of carbonyl (C=O) groups is 1. The first-order valence-corrected chi connectivity index (χ1v) is 6.06. The largest absolute Gasteiger partial charge is 0.480 e. The van der Waals surface area contributed by atoms with Gasteiger partial charge in [-0.05, 0) is 33.6 Å². The normalized spacial score (nSPS) is 19.0. The van der Waals surface area contributed by atoms with Crippen LogP contribution in [0.5, 0.6) is 0 Å². The van der Waals surface area contributed by atoms with Crippen LogP contribution in [0.2, 0.25) is 0 Å². The van der Waals surface area contributed by atoms with Crippen molar-refractivity contribution in [1.82, 2.24) is 5.06 Å². The minimum atomic E-state index is -0.824. The van der Waals surface area contributed by atoms with Gasteiger partial charge in [-0.15, -0.1) is 0 Å². The van der Waals surface area contributed by atoms with E-state index in [2.05, 4.69) is 0 Å². The van der Waals surface area contributed by atoms with E-state index in [1.165, 1.54) is 19.3 Å². The lowest BCUT2D eigenvalue weighted by molar-refractivity contribution is -0.253. The van der Waals surface area contributed by atoms with Crippen molar-refractivity contribution in [2.24, 2.45) is 0 Å². The van der Waals surface area contributed by atoms with Crippen LogP contribution >= 0.6 is 0 Å². The lowest BCUT2D eigenvalue weighted by Crippen LogP contribution is -2.44. The molecule has 0 unspecified atom stereocenters. The Kier molecular flexibility index (Phi) is 4.74. The molecule has 16 heavy (non-hydrogen) atoms. The highest BCUT2D eigenvalue weighted by atomic mass is 16.7. The molecule has 0 aromatic carbocycles. The number of carboxylic acid groups (broad SMARTS) is 1. The number of aliphatic carboxylic acids is 1. The third-order valence-corrected chi connectivity index (χ3v) is 2.66. The van der Waals surface area contributed by atoms with Gasteiger partial charge in [-0.3, -0.25) is 9.63 Å². The maximum Gasteiger partial charge on any atom is 0.320 e. The standard InChI is InChI=1S/C12H23NO3/c1-12(2,3)16-13(9-11(14)15)10-7-5-4-6-8-10/h10H,4-9H2,1-3H3,(H,14,15). The Labute approximate surface area is 97.5 Å². The van der Waals surface area contributed by atoms with Gasteiger partial charge in [0.15, 0.2) is 0 Å². The Morgan fingerprint density at radius 2 is 1.88 bits per heavy atom. The van der Waals surface area contributed by atoms with E-state index in [1.807, 2.05) is 20.8 Å². The summed E-state index contributed by atoms with van der Waals surface area (Å²) in [6, 6.07) is 0.268. The topological polar surface area (TPSA) is 49.8 Å². The first kappa shape index (κ1) is 13.5. The average molecular weight is 229 g/mol. The van der Waals surface area contributed by atoms with Crippen LogP contribution in [0.3, 0.4) is 0 Å². The molecule has 0 bridgehead atoms. The summed E-state index contributed by atoms with van der Waals surface area (Å²) >= 11 is 0. The Hall–Kier alpha value is -0.610. The Balaban J connectivity index is 2.58. The van der Waals surface area contributed by atoms with Gasteiger partial charge in [0.1, 0.15) is 6.54 Å². The monoisotopic (exact) mass is 229 g/mol. The molecule has 1 aliphatic rings. The van der Waals surface area contributed by atoms with Crippen LogP contribution in [-0.4, -0.2) is 34.3 Å². The highest BCUT2D eigenvalue weighted by Gasteiger charge is 2.27. The maximum absolute atomic E-state index is 10.8. The van der Waals surface area contributed by atoms with Gasteiger partial charge in [0.05, 0.1) is 5.60 Å². The Morgan fingerprint density at radius 3 is 2.31 bits per heavy atom. The second-order valence-corrected chi connectivity index (χ2v) is 5.46. The minimum Gasteiger partial charge on any atom is -0.480 e. The molecule has 1 N–H and O–H groups in total.